The number of nitrogens with two attached hydrogens (primary N) is 1. The van der Waals surface area contributed by atoms with Gasteiger partial charge in [0, 0.05) is 36.3 Å². The maximum Gasteiger partial charge on any atom is 0.120 e. The molecule has 3 heteroatoms. The fourth-order valence-electron chi connectivity index (χ4n) is 2.76. The summed E-state index contributed by atoms with van der Waals surface area (Å²) in [5.41, 5.74) is 10.6. The van der Waals surface area contributed by atoms with Crippen LogP contribution in [0.4, 0.5) is 0 Å². The number of hydrogen-bond donors (Lipinski definition) is 1. The van der Waals surface area contributed by atoms with E-state index in [9.17, 15) is 0 Å². The van der Waals surface area contributed by atoms with E-state index in [4.69, 9.17) is 10.5 Å². The van der Waals surface area contributed by atoms with Crippen molar-refractivity contribution >= 4 is 10.9 Å². The zero-order chi connectivity index (χ0) is 14.8. The fourth-order valence-corrected chi connectivity index (χ4v) is 2.76. The van der Waals surface area contributed by atoms with Crippen molar-refractivity contribution in [1.82, 2.24) is 4.57 Å². The Morgan fingerprint density at radius 1 is 1.10 bits per heavy atom. The van der Waals surface area contributed by atoms with E-state index < -0.39 is 0 Å². The van der Waals surface area contributed by atoms with Crippen molar-refractivity contribution in [3.8, 4) is 5.75 Å². The van der Waals surface area contributed by atoms with E-state index in [0.717, 1.165) is 11.3 Å². The molecule has 0 unspecified atom stereocenters. The lowest BCUT2D eigenvalue weighted by atomic mass is 10.1. The Morgan fingerprint density at radius 2 is 1.90 bits per heavy atom. The van der Waals surface area contributed by atoms with Gasteiger partial charge in [0.2, 0.25) is 0 Å². The number of rotatable bonds is 4. The van der Waals surface area contributed by atoms with E-state index >= 15 is 0 Å². The normalized spacial score (nSPS) is 11.0. The molecule has 3 nitrogen and oxygen atoms in total. The SMILES string of the molecule is Cc1cccc(OCc2cn(C)c3cccc(CN)c23)c1. The zero-order valence-corrected chi connectivity index (χ0v) is 12.5. The fraction of sp³-hybridized carbons (Fsp3) is 0.222. The Bertz CT molecular complexity index is 774. The molecule has 0 radical (unpaired) electrons. The number of benzene rings is 2. The van der Waals surface area contributed by atoms with E-state index in [-0.39, 0.29) is 0 Å². The third-order valence-electron chi connectivity index (χ3n) is 3.78. The highest BCUT2D eigenvalue weighted by atomic mass is 16.5. The van der Waals surface area contributed by atoms with Gasteiger partial charge in [-0.2, -0.15) is 0 Å². The molecule has 0 saturated heterocycles. The van der Waals surface area contributed by atoms with E-state index in [1.54, 1.807) is 0 Å². The Balaban J connectivity index is 1.94. The van der Waals surface area contributed by atoms with Gasteiger partial charge in [-0.05, 0) is 36.2 Å². The molecule has 21 heavy (non-hydrogen) atoms. The summed E-state index contributed by atoms with van der Waals surface area (Å²) in [6.45, 7) is 3.16. The lowest BCUT2D eigenvalue weighted by Crippen LogP contribution is -1.99. The second-order valence-electron chi connectivity index (χ2n) is 5.39. The van der Waals surface area contributed by atoms with Crippen LogP contribution in [0.1, 0.15) is 16.7 Å². The minimum absolute atomic E-state index is 0.540. The first-order chi connectivity index (χ1) is 10.2. The predicted molar refractivity (Wildman–Crippen MR) is 86.3 cm³/mol. The van der Waals surface area contributed by atoms with Gasteiger partial charge >= 0.3 is 0 Å². The highest BCUT2D eigenvalue weighted by Gasteiger charge is 2.10. The summed E-state index contributed by atoms with van der Waals surface area (Å²) in [6, 6.07) is 14.4. The minimum atomic E-state index is 0.540. The largest absolute Gasteiger partial charge is 0.489 e. The number of aryl methyl sites for hydroxylation is 2. The van der Waals surface area contributed by atoms with E-state index in [1.807, 2.05) is 12.1 Å². The number of ether oxygens (including phenoxy) is 1. The molecule has 0 aliphatic rings. The Hall–Kier alpha value is -2.26. The molecule has 0 aliphatic heterocycles. The van der Waals surface area contributed by atoms with Crippen LogP contribution in [-0.2, 0) is 20.2 Å². The van der Waals surface area contributed by atoms with Gasteiger partial charge in [-0.15, -0.1) is 0 Å². The molecule has 0 saturated carbocycles. The van der Waals surface area contributed by atoms with Crippen LogP contribution < -0.4 is 10.5 Å². The molecule has 1 heterocycles. The highest BCUT2D eigenvalue weighted by Crippen LogP contribution is 2.26. The van der Waals surface area contributed by atoms with Crippen LogP contribution in [0, 0.1) is 6.92 Å². The van der Waals surface area contributed by atoms with Crippen LogP contribution in [0.5, 0.6) is 5.75 Å². The Morgan fingerprint density at radius 3 is 2.67 bits per heavy atom. The van der Waals surface area contributed by atoms with Crippen LogP contribution in [0.25, 0.3) is 10.9 Å². The molecule has 108 valence electrons. The summed E-state index contributed by atoms with van der Waals surface area (Å²) in [6.07, 6.45) is 2.12. The minimum Gasteiger partial charge on any atom is -0.489 e. The Labute approximate surface area is 125 Å². The van der Waals surface area contributed by atoms with Crippen molar-refractivity contribution in [2.75, 3.05) is 0 Å². The molecule has 1 aromatic heterocycles. The average Bonchev–Trinajstić information content (AvgIpc) is 2.82. The molecular weight excluding hydrogens is 260 g/mol. The summed E-state index contributed by atoms with van der Waals surface area (Å²) in [5.74, 6) is 0.900. The Kier molecular flexibility index (Phi) is 3.67. The summed E-state index contributed by atoms with van der Waals surface area (Å²) in [5, 5.41) is 1.22. The van der Waals surface area contributed by atoms with E-state index in [2.05, 4.69) is 55.1 Å². The van der Waals surface area contributed by atoms with Crippen LogP contribution in [0.15, 0.2) is 48.7 Å². The molecule has 0 fully saturated rings. The standard InChI is InChI=1S/C18H20N2O/c1-13-5-3-7-16(9-13)21-12-15-11-20(2)17-8-4-6-14(10-19)18(15)17/h3-9,11H,10,12,19H2,1-2H3. The zero-order valence-electron chi connectivity index (χ0n) is 12.5. The van der Waals surface area contributed by atoms with Crippen molar-refractivity contribution < 1.29 is 4.74 Å². The van der Waals surface area contributed by atoms with Crippen molar-refractivity contribution in [2.45, 2.75) is 20.1 Å². The number of fused-ring (bicyclic) bond motifs is 1. The second kappa shape index (κ2) is 5.62. The molecule has 3 rings (SSSR count). The van der Waals surface area contributed by atoms with Crippen molar-refractivity contribution in [3.63, 3.8) is 0 Å². The van der Waals surface area contributed by atoms with Gasteiger partial charge in [0.1, 0.15) is 12.4 Å². The molecular formula is C18H20N2O. The first kappa shape index (κ1) is 13.7. The van der Waals surface area contributed by atoms with Gasteiger partial charge in [-0.25, -0.2) is 0 Å². The molecule has 0 aliphatic carbocycles. The van der Waals surface area contributed by atoms with Gasteiger partial charge in [0.25, 0.3) is 0 Å². The average molecular weight is 280 g/mol. The van der Waals surface area contributed by atoms with Crippen LogP contribution in [0.3, 0.4) is 0 Å². The van der Waals surface area contributed by atoms with Crippen molar-refractivity contribution in [1.29, 1.82) is 0 Å². The summed E-state index contributed by atoms with van der Waals surface area (Å²) in [7, 11) is 2.05. The topological polar surface area (TPSA) is 40.2 Å². The van der Waals surface area contributed by atoms with Gasteiger partial charge < -0.3 is 15.0 Å². The highest BCUT2D eigenvalue weighted by molar-refractivity contribution is 5.87. The van der Waals surface area contributed by atoms with E-state index in [1.165, 1.54) is 22.0 Å². The maximum atomic E-state index is 5.94. The van der Waals surface area contributed by atoms with Crippen molar-refractivity contribution in [2.24, 2.45) is 12.8 Å². The molecule has 2 aromatic carbocycles. The first-order valence-corrected chi connectivity index (χ1v) is 7.14. The molecule has 0 amide bonds. The molecule has 0 spiro atoms. The lowest BCUT2D eigenvalue weighted by Gasteiger charge is -2.07. The monoisotopic (exact) mass is 280 g/mol. The predicted octanol–water partition coefficient (Wildman–Crippen LogP) is 3.52. The van der Waals surface area contributed by atoms with E-state index in [0.29, 0.717) is 13.2 Å². The number of hydrogen-bond acceptors (Lipinski definition) is 2. The second-order valence-corrected chi connectivity index (χ2v) is 5.39. The third kappa shape index (κ3) is 2.65. The summed E-state index contributed by atoms with van der Waals surface area (Å²) in [4.78, 5) is 0. The van der Waals surface area contributed by atoms with Gasteiger partial charge in [-0.3, -0.25) is 0 Å². The first-order valence-electron chi connectivity index (χ1n) is 7.14. The molecule has 0 bridgehead atoms. The van der Waals surface area contributed by atoms with Crippen molar-refractivity contribution in [3.05, 3.63) is 65.4 Å². The van der Waals surface area contributed by atoms with Gasteiger partial charge in [-0.1, -0.05) is 24.3 Å². The quantitative estimate of drug-likeness (QED) is 0.794. The van der Waals surface area contributed by atoms with Crippen LogP contribution >= 0.6 is 0 Å². The lowest BCUT2D eigenvalue weighted by molar-refractivity contribution is 0.307. The van der Waals surface area contributed by atoms with Gasteiger partial charge in [0.05, 0.1) is 0 Å². The molecule has 3 aromatic rings. The third-order valence-corrected chi connectivity index (χ3v) is 3.78. The smallest absolute Gasteiger partial charge is 0.120 e. The number of aromatic nitrogens is 1. The number of nitrogens with zero attached hydrogens (tertiary/aromatic N) is 1. The van der Waals surface area contributed by atoms with Gasteiger partial charge in [0.15, 0.2) is 0 Å². The molecule has 0 atom stereocenters. The summed E-state index contributed by atoms with van der Waals surface area (Å²) < 4.78 is 8.07. The summed E-state index contributed by atoms with van der Waals surface area (Å²) >= 11 is 0. The molecule has 2 N–H and O–H groups in total. The van der Waals surface area contributed by atoms with Crippen LogP contribution in [-0.4, -0.2) is 4.57 Å². The maximum absolute atomic E-state index is 5.94. The van der Waals surface area contributed by atoms with Crippen LogP contribution in [0.2, 0.25) is 0 Å².